The highest BCUT2D eigenvalue weighted by Crippen LogP contribution is 2.22. The monoisotopic (exact) mass is 275 g/mol. The first kappa shape index (κ1) is 15.0. The smallest absolute Gasteiger partial charge is 0.229 e. The topological polar surface area (TPSA) is 45.2 Å². The van der Waals surface area contributed by atoms with Crippen molar-refractivity contribution in [1.82, 2.24) is 15.2 Å². The molecule has 4 heteroatoms. The molecule has 1 amide bonds. The van der Waals surface area contributed by atoms with Crippen molar-refractivity contribution in [1.29, 1.82) is 0 Å². The average molecular weight is 275 g/mol. The van der Waals surface area contributed by atoms with Crippen LogP contribution in [0.4, 0.5) is 0 Å². The molecule has 1 fully saturated rings. The van der Waals surface area contributed by atoms with E-state index in [9.17, 15) is 4.79 Å². The highest BCUT2D eigenvalue weighted by Gasteiger charge is 2.26. The SMILES string of the molecule is CCNCC1CCN(C(=O)C(C)c2cccnc2)CC1. The Morgan fingerprint density at radius 2 is 2.25 bits per heavy atom. The van der Waals surface area contributed by atoms with Crippen LogP contribution < -0.4 is 5.32 Å². The summed E-state index contributed by atoms with van der Waals surface area (Å²) in [5.41, 5.74) is 1.01. The Morgan fingerprint density at radius 3 is 2.85 bits per heavy atom. The van der Waals surface area contributed by atoms with Gasteiger partial charge in [0.1, 0.15) is 0 Å². The Balaban J connectivity index is 1.85. The molecule has 4 nitrogen and oxygen atoms in total. The first-order valence-corrected chi connectivity index (χ1v) is 7.61. The minimum absolute atomic E-state index is 0.0889. The summed E-state index contributed by atoms with van der Waals surface area (Å²) in [7, 11) is 0. The Bertz CT molecular complexity index is 413. The van der Waals surface area contributed by atoms with Crippen molar-refractivity contribution in [2.75, 3.05) is 26.2 Å². The van der Waals surface area contributed by atoms with E-state index >= 15 is 0 Å². The summed E-state index contributed by atoms with van der Waals surface area (Å²) in [5.74, 6) is 0.863. The zero-order valence-corrected chi connectivity index (χ0v) is 12.5. The highest BCUT2D eigenvalue weighted by molar-refractivity contribution is 5.83. The maximum atomic E-state index is 12.5. The van der Waals surface area contributed by atoms with E-state index in [0.717, 1.165) is 44.6 Å². The summed E-state index contributed by atoms with van der Waals surface area (Å²) >= 11 is 0. The Morgan fingerprint density at radius 1 is 1.50 bits per heavy atom. The van der Waals surface area contributed by atoms with Gasteiger partial charge >= 0.3 is 0 Å². The predicted molar refractivity (Wildman–Crippen MR) is 80.5 cm³/mol. The zero-order valence-electron chi connectivity index (χ0n) is 12.5. The van der Waals surface area contributed by atoms with Gasteiger partial charge in [-0.3, -0.25) is 9.78 Å². The summed E-state index contributed by atoms with van der Waals surface area (Å²) in [6.07, 6.45) is 5.75. The van der Waals surface area contributed by atoms with E-state index in [1.807, 2.05) is 24.0 Å². The van der Waals surface area contributed by atoms with Crippen LogP contribution in [-0.4, -0.2) is 42.0 Å². The number of piperidine rings is 1. The summed E-state index contributed by atoms with van der Waals surface area (Å²) < 4.78 is 0. The van der Waals surface area contributed by atoms with Gasteiger partial charge in [0.05, 0.1) is 5.92 Å². The van der Waals surface area contributed by atoms with E-state index < -0.39 is 0 Å². The fourth-order valence-corrected chi connectivity index (χ4v) is 2.75. The second-order valence-corrected chi connectivity index (χ2v) is 5.58. The minimum Gasteiger partial charge on any atom is -0.342 e. The van der Waals surface area contributed by atoms with Crippen LogP contribution in [0.25, 0.3) is 0 Å². The lowest BCUT2D eigenvalue weighted by molar-refractivity contribution is -0.133. The lowest BCUT2D eigenvalue weighted by Gasteiger charge is -2.33. The molecule has 0 aliphatic carbocycles. The van der Waals surface area contributed by atoms with Crippen molar-refractivity contribution in [2.24, 2.45) is 5.92 Å². The van der Waals surface area contributed by atoms with Crippen LogP contribution >= 0.6 is 0 Å². The molecule has 110 valence electrons. The number of carbonyl (C=O) groups excluding carboxylic acids is 1. The number of nitrogens with zero attached hydrogens (tertiary/aromatic N) is 2. The molecule has 1 atom stereocenters. The standard InChI is InChI=1S/C16H25N3O/c1-3-17-11-14-6-9-19(10-7-14)16(20)13(2)15-5-4-8-18-12-15/h4-5,8,12-14,17H,3,6-7,9-11H2,1-2H3. The molecule has 0 aromatic carbocycles. The minimum atomic E-state index is -0.0889. The number of nitrogens with one attached hydrogen (secondary N) is 1. The Labute approximate surface area is 121 Å². The number of hydrogen-bond acceptors (Lipinski definition) is 3. The summed E-state index contributed by atoms with van der Waals surface area (Å²) in [5, 5.41) is 3.40. The fourth-order valence-electron chi connectivity index (χ4n) is 2.75. The molecule has 2 heterocycles. The predicted octanol–water partition coefficient (Wildman–Crippen LogP) is 2.03. The van der Waals surface area contributed by atoms with Gasteiger partial charge in [-0.2, -0.15) is 0 Å². The molecule has 2 rings (SSSR count). The second kappa shape index (κ2) is 7.39. The summed E-state index contributed by atoms with van der Waals surface area (Å²) in [6, 6.07) is 3.87. The summed E-state index contributed by atoms with van der Waals surface area (Å²) in [6.45, 7) is 7.99. The van der Waals surface area contributed by atoms with Gasteiger partial charge in [0.15, 0.2) is 0 Å². The third kappa shape index (κ3) is 3.79. The fraction of sp³-hybridized carbons (Fsp3) is 0.625. The molecule has 1 aromatic heterocycles. The molecule has 0 bridgehead atoms. The van der Waals surface area contributed by atoms with Gasteiger partial charge in [-0.1, -0.05) is 13.0 Å². The van der Waals surface area contributed by atoms with Crippen molar-refractivity contribution in [3.8, 4) is 0 Å². The maximum absolute atomic E-state index is 12.5. The number of likely N-dealkylation sites (tertiary alicyclic amines) is 1. The zero-order chi connectivity index (χ0) is 14.4. The van der Waals surface area contributed by atoms with E-state index in [-0.39, 0.29) is 11.8 Å². The molecule has 1 N–H and O–H groups in total. The molecule has 1 aromatic rings. The molecule has 20 heavy (non-hydrogen) atoms. The lowest BCUT2D eigenvalue weighted by Crippen LogP contribution is -2.42. The molecular weight excluding hydrogens is 250 g/mol. The van der Waals surface area contributed by atoms with Crippen LogP contribution in [0.5, 0.6) is 0 Å². The first-order valence-electron chi connectivity index (χ1n) is 7.61. The van der Waals surface area contributed by atoms with Crippen LogP contribution in [0.2, 0.25) is 0 Å². The number of amides is 1. The van der Waals surface area contributed by atoms with Crippen LogP contribution in [-0.2, 0) is 4.79 Å². The first-order chi connectivity index (χ1) is 9.72. The molecule has 0 saturated carbocycles. The average Bonchev–Trinajstić information content (AvgIpc) is 2.53. The maximum Gasteiger partial charge on any atom is 0.229 e. The molecule has 0 spiro atoms. The quantitative estimate of drug-likeness (QED) is 0.894. The van der Waals surface area contributed by atoms with Crippen molar-refractivity contribution in [3.05, 3.63) is 30.1 Å². The van der Waals surface area contributed by atoms with E-state index in [0.29, 0.717) is 5.92 Å². The largest absolute Gasteiger partial charge is 0.342 e. The summed E-state index contributed by atoms with van der Waals surface area (Å²) in [4.78, 5) is 18.6. The molecule has 1 aliphatic rings. The van der Waals surface area contributed by atoms with Crippen LogP contribution in [0.3, 0.4) is 0 Å². The normalized spacial score (nSPS) is 18.0. The number of rotatable bonds is 5. The number of pyridine rings is 1. The van der Waals surface area contributed by atoms with Crippen LogP contribution in [0.15, 0.2) is 24.5 Å². The Hall–Kier alpha value is -1.42. The highest BCUT2D eigenvalue weighted by atomic mass is 16.2. The van der Waals surface area contributed by atoms with Gasteiger partial charge in [0, 0.05) is 25.5 Å². The number of carbonyl (C=O) groups is 1. The van der Waals surface area contributed by atoms with Crippen LogP contribution in [0.1, 0.15) is 38.2 Å². The molecular formula is C16H25N3O. The van der Waals surface area contributed by atoms with Gasteiger partial charge in [0.2, 0.25) is 5.91 Å². The van der Waals surface area contributed by atoms with Gasteiger partial charge in [-0.15, -0.1) is 0 Å². The van der Waals surface area contributed by atoms with Gasteiger partial charge < -0.3 is 10.2 Å². The van der Waals surface area contributed by atoms with Gasteiger partial charge in [-0.05, 0) is 50.4 Å². The molecule has 1 unspecified atom stereocenters. The van der Waals surface area contributed by atoms with Crippen LogP contribution in [0, 0.1) is 5.92 Å². The van der Waals surface area contributed by atoms with Gasteiger partial charge in [-0.25, -0.2) is 0 Å². The molecule has 1 saturated heterocycles. The Kier molecular flexibility index (Phi) is 5.53. The molecule has 0 radical (unpaired) electrons. The van der Waals surface area contributed by atoms with Crippen molar-refractivity contribution in [3.63, 3.8) is 0 Å². The second-order valence-electron chi connectivity index (χ2n) is 5.58. The third-order valence-electron chi connectivity index (χ3n) is 4.16. The van der Waals surface area contributed by atoms with Gasteiger partial charge in [0.25, 0.3) is 0 Å². The third-order valence-corrected chi connectivity index (χ3v) is 4.16. The molecule has 1 aliphatic heterocycles. The van der Waals surface area contributed by atoms with Crippen molar-refractivity contribution >= 4 is 5.91 Å². The van der Waals surface area contributed by atoms with Crippen molar-refractivity contribution in [2.45, 2.75) is 32.6 Å². The number of aromatic nitrogens is 1. The number of hydrogen-bond donors (Lipinski definition) is 1. The van der Waals surface area contributed by atoms with E-state index in [1.54, 1.807) is 12.4 Å². The van der Waals surface area contributed by atoms with E-state index in [2.05, 4.69) is 17.2 Å². The lowest BCUT2D eigenvalue weighted by atomic mass is 9.94. The van der Waals surface area contributed by atoms with Crippen molar-refractivity contribution < 1.29 is 4.79 Å². The van der Waals surface area contributed by atoms with E-state index in [4.69, 9.17) is 0 Å². The van der Waals surface area contributed by atoms with E-state index in [1.165, 1.54) is 0 Å².